The number of nitrogens with one attached hydrogen (secondary N) is 1. The minimum absolute atomic E-state index is 0.152. The smallest absolute Gasteiger partial charge is 0.337 e. The predicted octanol–water partition coefficient (Wildman–Crippen LogP) is 4.05. The maximum absolute atomic E-state index is 12.6. The maximum atomic E-state index is 12.6. The van der Waals surface area contributed by atoms with Gasteiger partial charge < -0.3 is 9.30 Å². The van der Waals surface area contributed by atoms with Crippen LogP contribution in [-0.4, -0.2) is 37.6 Å². The van der Waals surface area contributed by atoms with Crippen molar-refractivity contribution in [2.75, 3.05) is 13.7 Å². The quantitative estimate of drug-likeness (QED) is 0.382. The van der Waals surface area contributed by atoms with Crippen molar-refractivity contribution in [3.8, 4) is 0 Å². The van der Waals surface area contributed by atoms with Gasteiger partial charge in [0.15, 0.2) is 0 Å². The summed E-state index contributed by atoms with van der Waals surface area (Å²) in [4.78, 5) is 16.4. The van der Waals surface area contributed by atoms with Gasteiger partial charge >= 0.3 is 5.97 Å². The predicted molar refractivity (Wildman–Crippen MR) is 127 cm³/mol. The zero-order valence-electron chi connectivity index (χ0n) is 17.9. The number of hydrogen-bond acceptors (Lipinski definition) is 5. The minimum Gasteiger partial charge on any atom is -0.465 e. The van der Waals surface area contributed by atoms with Gasteiger partial charge in [0.05, 0.1) is 17.6 Å². The Kier molecular flexibility index (Phi) is 6.78. The molecule has 0 radical (unpaired) electrons. The number of fused-ring (bicyclic) bond motifs is 1. The summed E-state index contributed by atoms with van der Waals surface area (Å²) in [6.45, 7) is 0.790. The van der Waals surface area contributed by atoms with Crippen LogP contribution in [0.25, 0.3) is 10.9 Å². The Hall–Kier alpha value is -3.20. The number of sulfonamides is 1. The minimum atomic E-state index is -3.67. The molecular formula is C24H22ClN3O4S. The normalized spacial score (nSPS) is 11.6. The zero-order chi connectivity index (χ0) is 23.4. The molecule has 2 aromatic carbocycles. The van der Waals surface area contributed by atoms with Gasteiger partial charge in [-0.2, -0.15) is 0 Å². The number of methoxy groups -OCH3 is 1. The number of halogens is 1. The van der Waals surface area contributed by atoms with Gasteiger partial charge in [-0.1, -0.05) is 17.7 Å². The summed E-state index contributed by atoms with van der Waals surface area (Å²) in [7, 11) is -2.33. The molecule has 1 N–H and O–H groups in total. The van der Waals surface area contributed by atoms with E-state index in [9.17, 15) is 13.2 Å². The second kappa shape index (κ2) is 9.74. The number of esters is 1. The molecule has 0 atom stereocenters. The summed E-state index contributed by atoms with van der Waals surface area (Å²) in [5, 5.41) is 1.34. The Morgan fingerprint density at radius 3 is 2.64 bits per heavy atom. The molecule has 0 saturated heterocycles. The van der Waals surface area contributed by atoms with Crippen LogP contribution in [0.5, 0.6) is 0 Å². The number of ether oxygens (including phenoxy) is 1. The molecule has 2 aromatic heterocycles. The Labute approximate surface area is 197 Å². The van der Waals surface area contributed by atoms with Gasteiger partial charge in [0.2, 0.25) is 10.0 Å². The van der Waals surface area contributed by atoms with Gasteiger partial charge in [0.1, 0.15) is 0 Å². The van der Waals surface area contributed by atoms with E-state index in [0.29, 0.717) is 23.6 Å². The Balaban J connectivity index is 1.61. The average molecular weight is 484 g/mol. The summed E-state index contributed by atoms with van der Waals surface area (Å²) >= 11 is 5.85. The molecule has 170 valence electrons. The standard InChI is InChI=1S/C24H22ClN3O4S/c1-32-24(29)18-4-9-23-22(13-18)19(16-28(23)15-17-3-2-11-26-14-17)10-12-27-33(30,31)21-7-5-20(25)6-8-21/h2-9,11,13-14,16,27H,10,12,15H2,1H3. The fourth-order valence-electron chi connectivity index (χ4n) is 3.65. The van der Waals surface area contributed by atoms with Crippen LogP contribution in [-0.2, 0) is 27.7 Å². The van der Waals surface area contributed by atoms with Crippen LogP contribution in [0.4, 0.5) is 0 Å². The van der Waals surface area contributed by atoms with Crippen molar-refractivity contribution in [1.82, 2.24) is 14.3 Å². The SMILES string of the molecule is COC(=O)c1ccc2c(c1)c(CCNS(=O)(=O)c1ccc(Cl)cc1)cn2Cc1cccnc1. The van der Waals surface area contributed by atoms with E-state index in [1.807, 2.05) is 24.4 Å². The van der Waals surface area contributed by atoms with Crippen molar-refractivity contribution in [2.45, 2.75) is 17.9 Å². The Bertz CT molecular complexity index is 1380. The molecule has 0 fully saturated rings. The van der Waals surface area contributed by atoms with Crippen LogP contribution >= 0.6 is 11.6 Å². The summed E-state index contributed by atoms with van der Waals surface area (Å²) < 4.78 is 34.8. The molecule has 0 aliphatic heterocycles. The van der Waals surface area contributed by atoms with Crippen LogP contribution in [0.2, 0.25) is 5.02 Å². The van der Waals surface area contributed by atoms with E-state index in [1.54, 1.807) is 24.5 Å². The number of hydrogen-bond donors (Lipinski definition) is 1. The number of carbonyl (C=O) groups excluding carboxylic acids is 1. The molecule has 0 bridgehead atoms. The van der Waals surface area contributed by atoms with E-state index < -0.39 is 16.0 Å². The highest BCUT2D eigenvalue weighted by Gasteiger charge is 2.16. The fraction of sp³-hybridized carbons (Fsp3) is 0.167. The third-order valence-electron chi connectivity index (χ3n) is 5.27. The Morgan fingerprint density at radius 1 is 1.15 bits per heavy atom. The number of pyridine rings is 1. The first-order chi connectivity index (χ1) is 15.9. The Morgan fingerprint density at radius 2 is 1.94 bits per heavy atom. The molecule has 0 aliphatic carbocycles. The summed E-state index contributed by atoms with van der Waals surface area (Å²) in [6.07, 6.45) is 5.94. The molecule has 0 unspecified atom stereocenters. The van der Waals surface area contributed by atoms with Gasteiger partial charge in [0, 0.05) is 47.6 Å². The third kappa shape index (κ3) is 5.24. The molecule has 0 saturated carbocycles. The van der Waals surface area contributed by atoms with Crippen LogP contribution in [0.15, 0.2) is 78.1 Å². The van der Waals surface area contributed by atoms with E-state index in [4.69, 9.17) is 16.3 Å². The van der Waals surface area contributed by atoms with Crippen molar-refractivity contribution in [1.29, 1.82) is 0 Å². The number of benzene rings is 2. The molecule has 2 heterocycles. The largest absolute Gasteiger partial charge is 0.465 e. The van der Waals surface area contributed by atoms with E-state index in [0.717, 1.165) is 22.0 Å². The van der Waals surface area contributed by atoms with Crippen molar-refractivity contribution < 1.29 is 17.9 Å². The lowest BCUT2D eigenvalue weighted by molar-refractivity contribution is 0.0601. The maximum Gasteiger partial charge on any atom is 0.337 e. The monoisotopic (exact) mass is 483 g/mol. The second-order valence-electron chi connectivity index (χ2n) is 7.47. The molecule has 7 nitrogen and oxygen atoms in total. The van der Waals surface area contributed by atoms with E-state index in [1.165, 1.54) is 31.4 Å². The first-order valence-corrected chi connectivity index (χ1v) is 12.1. The number of carbonyl (C=O) groups is 1. The highest BCUT2D eigenvalue weighted by atomic mass is 35.5. The number of aromatic nitrogens is 2. The second-order valence-corrected chi connectivity index (χ2v) is 9.67. The van der Waals surface area contributed by atoms with Gasteiger partial charge in [-0.25, -0.2) is 17.9 Å². The first-order valence-electron chi connectivity index (χ1n) is 10.2. The lowest BCUT2D eigenvalue weighted by Gasteiger charge is -2.07. The van der Waals surface area contributed by atoms with Crippen LogP contribution in [0.3, 0.4) is 0 Å². The number of rotatable bonds is 8. The van der Waals surface area contributed by atoms with Crippen LogP contribution < -0.4 is 4.72 Å². The topological polar surface area (TPSA) is 90.3 Å². The first kappa shape index (κ1) is 23.0. The molecular weight excluding hydrogens is 462 g/mol. The summed E-state index contributed by atoms with van der Waals surface area (Å²) in [5.41, 5.74) is 3.31. The van der Waals surface area contributed by atoms with Crippen LogP contribution in [0.1, 0.15) is 21.5 Å². The fourth-order valence-corrected chi connectivity index (χ4v) is 4.81. The zero-order valence-corrected chi connectivity index (χ0v) is 19.4. The molecule has 0 spiro atoms. The van der Waals surface area contributed by atoms with Gasteiger partial charge in [-0.05, 0) is 66.1 Å². The van der Waals surface area contributed by atoms with Crippen molar-refractivity contribution in [3.63, 3.8) is 0 Å². The van der Waals surface area contributed by atoms with E-state index in [-0.39, 0.29) is 11.4 Å². The highest BCUT2D eigenvalue weighted by molar-refractivity contribution is 7.89. The van der Waals surface area contributed by atoms with Crippen molar-refractivity contribution >= 4 is 38.5 Å². The average Bonchev–Trinajstić information content (AvgIpc) is 3.16. The highest BCUT2D eigenvalue weighted by Crippen LogP contribution is 2.25. The van der Waals surface area contributed by atoms with Crippen molar-refractivity contribution in [3.05, 3.63) is 94.9 Å². The van der Waals surface area contributed by atoms with Crippen molar-refractivity contribution in [2.24, 2.45) is 0 Å². The molecule has 0 amide bonds. The molecule has 9 heteroatoms. The lowest BCUT2D eigenvalue weighted by atomic mass is 10.1. The van der Waals surface area contributed by atoms with Crippen LogP contribution in [0, 0.1) is 0 Å². The van der Waals surface area contributed by atoms with Gasteiger partial charge in [-0.3, -0.25) is 4.98 Å². The number of nitrogens with zero attached hydrogens (tertiary/aromatic N) is 2. The lowest BCUT2D eigenvalue weighted by Crippen LogP contribution is -2.25. The van der Waals surface area contributed by atoms with Gasteiger partial charge in [0.25, 0.3) is 0 Å². The summed E-state index contributed by atoms with van der Waals surface area (Å²) in [6, 6.07) is 15.3. The van der Waals surface area contributed by atoms with E-state index in [2.05, 4.69) is 14.3 Å². The molecule has 0 aliphatic rings. The molecule has 4 aromatic rings. The van der Waals surface area contributed by atoms with E-state index >= 15 is 0 Å². The van der Waals surface area contributed by atoms with Gasteiger partial charge in [-0.15, -0.1) is 0 Å². The molecule has 4 rings (SSSR count). The third-order valence-corrected chi connectivity index (χ3v) is 7.00. The molecule has 33 heavy (non-hydrogen) atoms. The summed E-state index contributed by atoms with van der Waals surface area (Å²) in [5.74, 6) is -0.425.